The highest BCUT2D eigenvalue weighted by Crippen LogP contribution is 2.08. The molecule has 0 heterocycles. The molecule has 2 rings (SSSR count). The van der Waals surface area contributed by atoms with Gasteiger partial charge in [0.1, 0.15) is 18.7 Å². The Balaban J connectivity index is 2.06. The predicted molar refractivity (Wildman–Crippen MR) is 113 cm³/mol. The third kappa shape index (κ3) is 7.79. The second-order valence-electron chi connectivity index (χ2n) is 7.01. The second kappa shape index (κ2) is 11.4. The van der Waals surface area contributed by atoms with E-state index >= 15 is 0 Å². The molecule has 158 valence electrons. The number of alkyl carbamates (subject to hydrolysis) is 1. The Morgan fingerprint density at radius 3 is 2.03 bits per heavy atom. The Kier molecular flexibility index (Phi) is 8.62. The molecule has 3 N–H and O–H groups in total. The summed E-state index contributed by atoms with van der Waals surface area (Å²) < 4.78 is 5.20. The van der Waals surface area contributed by atoms with Crippen LogP contribution in [-0.4, -0.2) is 35.2 Å². The van der Waals surface area contributed by atoms with Crippen molar-refractivity contribution in [2.75, 3.05) is 0 Å². The van der Waals surface area contributed by atoms with Crippen LogP contribution in [0.15, 0.2) is 72.8 Å². The van der Waals surface area contributed by atoms with Crippen LogP contribution in [-0.2, 0) is 27.4 Å². The molecule has 0 spiro atoms. The molecule has 2 atom stereocenters. The van der Waals surface area contributed by atoms with Gasteiger partial charge in [-0.1, -0.05) is 66.2 Å². The van der Waals surface area contributed by atoms with E-state index < -0.39 is 30.1 Å². The van der Waals surface area contributed by atoms with E-state index in [2.05, 4.69) is 17.2 Å². The van der Waals surface area contributed by atoms with Crippen molar-refractivity contribution in [1.29, 1.82) is 0 Å². The van der Waals surface area contributed by atoms with Gasteiger partial charge in [-0.25, -0.2) is 9.59 Å². The number of carboxylic acids is 1. The van der Waals surface area contributed by atoms with Crippen molar-refractivity contribution in [3.63, 3.8) is 0 Å². The number of nitrogens with one attached hydrogen (secondary N) is 2. The highest BCUT2D eigenvalue weighted by Gasteiger charge is 2.27. The van der Waals surface area contributed by atoms with E-state index in [4.69, 9.17) is 4.74 Å². The number of carboxylic acid groups (broad SMARTS) is 1. The number of hydrogen-bond acceptors (Lipinski definition) is 4. The van der Waals surface area contributed by atoms with Crippen LogP contribution in [0.5, 0.6) is 0 Å². The summed E-state index contributed by atoms with van der Waals surface area (Å²) in [5.41, 5.74) is 2.24. The lowest BCUT2D eigenvalue weighted by atomic mass is 10.0. The molecule has 0 saturated carbocycles. The topological polar surface area (TPSA) is 105 Å². The number of carbonyl (C=O) groups excluding carboxylic acids is 2. The van der Waals surface area contributed by atoms with Crippen molar-refractivity contribution in [2.24, 2.45) is 0 Å². The van der Waals surface area contributed by atoms with Gasteiger partial charge in [-0.3, -0.25) is 4.79 Å². The zero-order valence-corrected chi connectivity index (χ0v) is 16.8. The van der Waals surface area contributed by atoms with Gasteiger partial charge in [0.25, 0.3) is 0 Å². The first-order chi connectivity index (χ1) is 14.3. The minimum absolute atomic E-state index is 0.0553. The SMILES string of the molecule is C=C(C)C[C@@H](NC(=O)[C@H](Cc1ccccc1)NC(=O)OCc1ccccc1)C(=O)O. The summed E-state index contributed by atoms with van der Waals surface area (Å²) >= 11 is 0. The molecule has 0 saturated heterocycles. The third-order valence-corrected chi connectivity index (χ3v) is 4.27. The number of benzene rings is 2. The maximum atomic E-state index is 12.8. The van der Waals surface area contributed by atoms with Crippen LogP contribution < -0.4 is 10.6 Å². The van der Waals surface area contributed by atoms with E-state index in [9.17, 15) is 19.5 Å². The standard InChI is InChI=1S/C23H26N2O5/c1-16(2)13-20(22(27)28)24-21(26)19(14-17-9-5-3-6-10-17)25-23(29)30-15-18-11-7-4-8-12-18/h3-12,19-20H,1,13-15H2,2H3,(H,24,26)(H,25,29)(H,27,28)/t19-,20+/m0/s1. The summed E-state index contributed by atoms with van der Waals surface area (Å²) in [7, 11) is 0. The molecular formula is C23H26N2O5. The normalized spacial score (nSPS) is 12.3. The Labute approximate surface area is 175 Å². The highest BCUT2D eigenvalue weighted by atomic mass is 16.5. The molecule has 0 aliphatic heterocycles. The molecule has 2 aromatic rings. The van der Waals surface area contributed by atoms with E-state index in [-0.39, 0.29) is 19.4 Å². The predicted octanol–water partition coefficient (Wildman–Crippen LogP) is 3.06. The number of hydrogen-bond donors (Lipinski definition) is 3. The zero-order valence-electron chi connectivity index (χ0n) is 16.8. The number of amides is 2. The van der Waals surface area contributed by atoms with Gasteiger partial charge in [-0.15, -0.1) is 6.58 Å². The largest absolute Gasteiger partial charge is 0.480 e. The Bertz CT molecular complexity index is 868. The summed E-state index contributed by atoms with van der Waals surface area (Å²) in [6.07, 6.45) is -0.480. The van der Waals surface area contributed by atoms with E-state index in [0.717, 1.165) is 11.1 Å². The minimum Gasteiger partial charge on any atom is -0.480 e. The molecule has 2 amide bonds. The molecule has 0 aromatic heterocycles. The molecule has 2 aromatic carbocycles. The molecule has 0 radical (unpaired) electrons. The van der Waals surface area contributed by atoms with Crippen molar-refractivity contribution >= 4 is 18.0 Å². The average Bonchev–Trinajstić information content (AvgIpc) is 2.72. The molecule has 7 heteroatoms. The van der Waals surface area contributed by atoms with Gasteiger partial charge in [-0.05, 0) is 24.5 Å². The maximum absolute atomic E-state index is 12.8. The lowest BCUT2D eigenvalue weighted by Gasteiger charge is -2.21. The summed E-state index contributed by atoms with van der Waals surface area (Å²) in [5.74, 6) is -1.78. The third-order valence-electron chi connectivity index (χ3n) is 4.27. The van der Waals surface area contributed by atoms with Crippen LogP contribution in [0.4, 0.5) is 4.79 Å². The lowest BCUT2D eigenvalue weighted by Crippen LogP contribution is -2.52. The number of ether oxygens (including phenoxy) is 1. The van der Waals surface area contributed by atoms with Gasteiger partial charge < -0.3 is 20.5 Å². The summed E-state index contributed by atoms with van der Waals surface area (Å²) in [6.45, 7) is 5.43. The van der Waals surface area contributed by atoms with Crippen molar-refractivity contribution in [3.05, 3.63) is 83.9 Å². The van der Waals surface area contributed by atoms with Crippen molar-refractivity contribution in [3.8, 4) is 0 Å². The van der Waals surface area contributed by atoms with Crippen molar-refractivity contribution < 1.29 is 24.2 Å². The van der Waals surface area contributed by atoms with E-state index in [1.54, 1.807) is 6.92 Å². The average molecular weight is 410 g/mol. The fourth-order valence-corrected chi connectivity index (χ4v) is 2.79. The van der Waals surface area contributed by atoms with Gasteiger partial charge in [0, 0.05) is 6.42 Å². The molecule has 0 aliphatic carbocycles. The van der Waals surface area contributed by atoms with Crippen LogP contribution in [0.1, 0.15) is 24.5 Å². The van der Waals surface area contributed by atoms with Gasteiger partial charge in [0.05, 0.1) is 0 Å². The van der Waals surface area contributed by atoms with E-state index in [0.29, 0.717) is 5.57 Å². The fraction of sp³-hybridized carbons (Fsp3) is 0.261. The first kappa shape index (κ1) is 22.7. The monoisotopic (exact) mass is 410 g/mol. The highest BCUT2D eigenvalue weighted by molar-refractivity contribution is 5.89. The first-order valence-electron chi connectivity index (χ1n) is 9.54. The van der Waals surface area contributed by atoms with Crippen LogP contribution in [0, 0.1) is 0 Å². The Morgan fingerprint density at radius 1 is 0.933 bits per heavy atom. The quantitative estimate of drug-likeness (QED) is 0.522. The number of rotatable bonds is 10. The molecule has 0 bridgehead atoms. The fourth-order valence-electron chi connectivity index (χ4n) is 2.79. The molecule has 7 nitrogen and oxygen atoms in total. The summed E-state index contributed by atoms with van der Waals surface area (Å²) in [6, 6.07) is 16.1. The summed E-state index contributed by atoms with van der Waals surface area (Å²) in [5, 5.41) is 14.4. The van der Waals surface area contributed by atoms with Crippen molar-refractivity contribution in [1.82, 2.24) is 10.6 Å². The maximum Gasteiger partial charge on any atom is 0.408 e. The van der Waals surface area contributed by atoms with Crippen LogP contribution in [0.25, 0.3) is 0 Å². The number of carbonyl (C=O) groups is 3. The van der Waals surface area contributed by atoms with Crippen molar-refractivity contribution in [2.45, 2.75) is 38.5 Å². The van der Waals surface area contributed by atoms with Crippen LogP contribution in [0.2, 0.25) is 0 Å². The number of aliphatic carboxylic acids is 1. The van der Waals surface area contributed by atoms with Crippen LogP contribution in [0.3, 0.4) is 0 Å². The molecule has 0 fully saturated rings. The second-order valence-corrected chi connectivity index (χ2v) is 7.01. The minimum atomic E-state index is -1.17. The smallest absolute Gasteiger partial charge is 0.408 e. The lowest BCUT2D eigenvalue weighted by molar-refractivity contribution is -0.142. The van der Waals surface area contributed by atoms with E-state index in [1.165, 1.54) is 0 Å². The first-order valence-corrected chi connectivity index (χ1v) is 9.54. The van der Waals surface area contributed by atoms with Gasteiger partial charge >= 0.3 is 12.1 Å². The zero-order chi connectivity index (χ0) is 21.9. The van der Waals surface area contributed by atoms with Gasteiger partial charge in [0.15, 0.2) is 0 Å². The molecule has 30 heavy (non-hydrogen) atoms. The Hall–Kier alpha value is -3.61. The van der Waals surface area contributed by atoms with Gasteiger partial charge in [0.2, 0.25) is 5.91 Å². The van der Waals surface area contributed by atoms with E-state index in [1.807, 2.05) is 60.7 Å². The van der Waals surface area contributed by atoms with Crippen LogP contribution >= 0.6 is 0 Å². The summed E-state index contributed by atoms with van der Waals surface area (Å²) in [4.78, 5) is 36.5. The molecule has 0 unspecified atom stereocenters. The molecule has 0 aliphatic rings. The molecular weight excluding hydrogens is 384 g/mol. The van der Waals surface area contributed by atoms with Gasteiger partial charge in [-0.2, -0.15) is 0 Å². The Morgan fingerprint density at radius 2 is 1.50 bits per heavy atom.